The number of carbonyl (C=O) groups excluding carboxylic acids is 2. The lowest BCUT2D eigenvalue weighted by Crippen LogP contribution is -2.21. The van der Waals surface area contributed by atoms with Gasteiger partial charge in [-0.3, -0.25) is 14.9 Å². The summed E-state index contributed by atoms with van der Waals surface area (Å²) in [7, 11) is 0. The van der Waals surface area contributed by atoms with E-state index in [2.05, 4.69) is 5.32 Å². The number of thioether (sulfide) groups is 1. The maximum Gasteiger partial charge on any atom is 0.338 e. The largest absolute Gasteiger partial charge is 0.452 e. The molecule has 1 aliphatic carbocycles. The summed E-state index contributed by atoms with van der Waals surface area (Å²) in [6.07, 6.45) is 4.89. The molecule has 2 aromatic carbocycles. The summed E-state index contributed by atoms with van der Waals surface area (Å²) < 4.78 is 4.98. The van der Waals surface area contributed by atoms with E-state index in [0.717, 1.165) is 25.3 Å². The number of anilines is 1. The number of hydrogen-bond donors (Lipinski definition) is 1. The Morgan fingerprint density at radius 3 is 2.70 bits per heavy atom. The van der Waals surface area contributed by atoms with Crippen LogP contribution in [0.2, 0.25) is 0 Å². The van der Waals surface area contributed by atoms with Crippen LogP contribution < -0.4 is 5.32 Å². The number of esters is 1. The molecule has 8 heteroatoms. The first-order valence-corrected chi connectivity index (χ1v) is 9.61. The Balaban J connectivity index is 1.59. The highest BCUT2D eigenvalue weighted by Crippen LogP contribution is 2.28. The van der Waals surface area contributed by atoms with Gasteiger partial charge >= 0.3 is 5.97 Å². The monoisotopic (exact) mass is 386 g/mol. The van der Waals surface area contributed by atoms with Gasteiger partial charge in [0.05, 0.1) is 15.4 Å². The van der Waals surface area contributed by atoms with Gasteiger partial charge in [-0.15, -0.1) is 11.8 Å². The summed E-state index contributed by atoms with van der Waals surface area (Å²) in [6.45, 7) is -0.464. The van der Waals surface area contributed by atoms with Gasteiger partial charge in [0.1, 0.15) is 0 Å². The lowest BCUT2D eigenvalue weighted by atomic mass is 10.1. The number of nitrogens with zero attached hydrogens (tertiary/aromatic N) is 1. The van der Waals surface area contributed by atoms with Gasteiger partial charge in [-0.1, -0.05) is 6.07 Å². The van der Waals surface area contributed by atoms with Crippen molar-refractivity contribution in [1.29, 1.82) is 0 Å². The first-order chi connectivity index (χ1) is 13.0. The lowest BCUT2D eigenvalue weighted by molar-refractivity contribution is -0.387. The van der Waals surface area contributed by atoms with E-state index in [-0.39, 0.29) is 11.3 Å². The Bertz CT molecular complexity index is 913. The Morgan fingerprint density at radius 1 is 1.19 bits per heavy atom. The SMILES string of the molecule is CSc1ccc(C(=O)OCC(=O)Nc2ccc3c(c2)CCC3)cc1[N+](=O)[O-]. The lowest BCUT2D eigenvalue weighted by Gasteiger charge is -2.09. The number of benzene rings is 2. The van der Waals surface area contributed by atoms with Crippen molar-refractivity contribution in [2.24, 2.45) is 0 Å². The second-order valence-corrected chi connectivity index (χ2v) is 6.95. The number of aryl methyl sites for hydroxylation is 2. The molecule has 1 aliphatic rings. The summed E-state index contributed by atoms with van der Waals surface area (Å²) in [4.78, 5) is 35.1. The zero-order valence-corrected chi connectivity index (χ0v) is 15.5. The molecule has 27 heavy (non-hydrogen) atoms. The molecule has 0 spiro atoms. The fourth-order valence-corrected chi connectivity index (χ4v) is 3.57. The number of carbonyl (C=O) groups is 2. The van der Waals surface area contributed by atoms with Crippen molar-refractivity contribution in [3.8, 4) is 0 Å². The number of rotatable bonds is 6. The molecule has 0 saturated carbocycles. The molecule has 0 bridgehead atoms. The van der Waals surface area contributed by atoms with E-state index >= 15 is 0 Å². The highest BCUT2D eigenvalue weighted by Gasteiger charge is 2.19. The van der Waals surface area contributed by atoms with Crippen LogP contribution in [0.4, 0.5) is 11.4 Å². The van der Waals surface area contributed by atoms with Gasteiger partial charge in [-0.25, -0.2) is 4.79 Å². The number of nitrogens with one attached hydrogen (secondary N) is 1. The van der Waals surface area contributed by atoms with Crippen molar-refractivity contribution < 1.29 is 19.2 Å². The predicted molar refractivity (Wildman–Crippen MR) is 102 cm³/mol. The van der Waals surface area contributed by atoms with Gasteiger partial charge in [0.2, 0.25) is 0 Å². The number of hydrogen-bond acceptors (Lipinski definition) is 6. The van der Waals surface area contributed by atoms with Crippen LogP contribution in [0.5, 0.6) is 0 Å². The zero-order valence-electron chi connectivity index (χ0n) is 14.7. The fourth-order valence-electron chi connectivity index (χ4n) is 3.02. The van der Waals surface area contributed by atoms with E-state index in [4.69, 9.17) is 4.74 Å². The number of amides is 1. The minimum absolute atomic E-state index is 0.0323. The van der Waals surface area contributed by atoms with Gasteiger partial charge in [-0.05, 0) is 60.9 Å². The highest BCUT2D eigenvalue weighted by atomic mass is 32.2. The maximum absolute atomic E-state index is 12.1. The van der Waals surface area contributed by atoms with E-state index in [0.29, 0.717) is 10.6 Å². The molecular formula is C19H18N2O5S. The average Bonchev–Trinajstić information content (AvgIpc) is 3.13. The molecule has 2 aromatic rings. The summed E-state index contributed by atoms with van der Waals surface area (Å²) in [5, 5.41) is 13.8. The third kappa shape index (κ3) is 4.46. The molecule has 0 aliphatic heterocycles. The van der Waals surface area contributed by atoms with Crippen LogP contribution in [0.1, 0.15) is 27.9 Å². The third-order valence-corrected chi connectivity index (χ3v) is 5.11. The van der Waals surface area contributed by atoms with Crippen LogP contribution in [0.25, 0.3) is 0 Å². The van der Waals surface area contributed by atoms with Crippen LogP contribution in [0.3, 0.4) is 0 Å². The topological polar surface area (TPSA) is 98.5 Å². The van der Waals surface area contributed by atoms with Crippen LogP contribution in [-0.4, -0.2) is 29.7 Å². The summed E-state index contributed by atoms with van der Waals surface area (Å²) in [5.74, 6) is -1.24. The number of nitro groups is 1. The van der Waals surface area contributed by atoms with Crippen molar-refractivity contribution in [3.05, 3.63) is 63.2 Å². The molecule has 0 atom stereocenters. The van der Waals surface area contributed by atoms with Crippen LogP contribution in [-0.2, 0) is 22.4 Å². The van der Waals surface area contributed by atoms with E-state index in [9.17, 15) is 19.7 Å². The number of fused-ring (bicyclic) bond motifs is 1. The molecule has 0 saturated heterocycles. The Kier molecular flexibility index (Phi) is 5.75. The zero-order chi connectivity index (χ0) is 19.4. The minimum Gasteiger partial charge on any atom is -0.452 e. The second-order valence-electron chi connectivity index (χ2n) is 6.11. The molecule has 140 valence electrons. The first-order valence-electron chi connectivity index (χ1n) is 8.39. The van der Waals surface area contributed by atoms with Crippen molar-refractivity contribution in [2.45, 2.75) is 24.2 Å². The molecule has 0 heterocycles. The molecule has 0 unspecified atom stereocenters. The number of nitro benzene ring substituents is 1. The molecule has 1 amide bonds. The normalized spacial score (nSPS) is 12.3. The van der Waals surface area contributed by atoms with E-state index in [1.54, 1.807) is 6.26 Å². The van der Waals surface area contributed by atoms with Gasteiger partial charge < -0.3 is 10.1 Å². The fraction of sp³-hybridized carbons (Fsp3) is 0.263. The van der Waals surface area contributed by atoms with Crippen molar-refractivity contribution in [2.75, 3.05) is 18.2 Å². The third-order valence-electron chi connectivity index (χ3n) is 4.33. The molecular weight excluding hydrogens is 368 g/mol. The molecule has 0 fully saturated rings. The maximum atomic E-state index is 12.1. The predicted octanol–water partition coefficient (Wildman–Crippen LogP) is 3.60. The van der Waals surface area contributed by atoms with Gasteiger partial charge in [0.15, 0.2) is 6.61 Å². The van der Waals surface area contributed by atoms with Crippen LogP contribution in [0, 0.1) is 10.1 Å². The van der Waals surface area contributed by atoms with Crippen LogP contribution in [0.15, 0.2) is 41.3 Å². The van der Waals surface area contributed by atoms with Gasteiger partial charge in [-0.2, -0.15) is 0 Å². The second kappa shape index (κ2) is 8.22. The minimum atomic E-state index is -0.783. The van der Waals surface area contributed by atoms with Crippen LogP contribution >= 0.6 is 11.8 Å². The van der Waals surface area contributed by atoms with Crippen molar-refractivity contribution in [1.82, 2.24) is 0 Å². The summed E-state index contributed by atoms with van der Waals surface area (Å²) in [6, 6.07) is 9.85. The van der Waals surface area contributed by atoms with Gasteiger partial charge in [0, 0.05) is 11.8 Å². The molecule has 0 radical (unpaired) electrons. The summed E-state index contributed by atoms with van der Waals surface area (Å²) >= 11 is 1.21. The summed E-state index contributed by atoms with van der Waals surface area (Å²) in [5.41, 5.74) is 3.06. The quantitative estimate of drug-likeness (QED) is 0.352. The van der Waals surface area contributed by atoms with E-state index in [1.165, 1.54) is 35.0 Å². The average molecular weight is 386 g/mol. The Hall–Kier alpha value is -2.87. The molecule has 1 N–H and O–H groups in total. The van der Waals surface area contributed by atoms with E-state index < -0.39 is 23.4 Å². The smallest absolute Gasteiger partial charge is 0.338 e. The van der Waals surface area contributed by atoms with Crippen molar-refractivity contribution >= 4 is 35.0 Å². The molecule has 7 nitrogen and oxygen atoms in total. The number of ether oxygens (including phenoxy) is 1. The highest BCUT2D eigenvalue weighted by molar-refractivity contribution is 7.98. The molecule has 3 rings (SSSR count). The van der Waals surface area contributed by atoms with Gasteiger partial charge in [0.25, 0.3) is 11.6 Å². The standard InChI is InChI=1S/C19H18N2O5S/c1-27-17-8-6-14(10-16(17)21(24)25)19(23)26-11-18(22)20-15-7-5-12-3-2-4-13(12)9-15/h5-10H,2-4,11H2,1H3,(H,20,22). The Morgan fingerprint density at radius 2 is 1.96 bits per heavy atom. The van der Waals surface area contributed by atoms with Crippen molar-refractivity contribution in [3.63, 3.8) is 0 Å². The first kappa shape index (κ1) is 18.9. The molecule has 0 aromatic heterocycles. The van der Waals surface area contributed by atoms with E-state index in [1.807, 2.05) is 18.2 Å². The Labute approximate surface area is 160 Å².